The number of pyridine rings is 1. The van der Waals surface area contributed by atoms with Crippen LogP contribution >= 0.6 is 24.0 Å². The van der Waals surface area contributed by atoms with E-state index in [0.29, 0.717) is 31.5 Å². The molecule has 2 aromatic rings. The number of nitrogens with one attached hydrogen (secondary N) is 2. The number of hydrogen-bond donors (Lipinski definition) is 2. The van der Waals surface area contributed by atoms with Crippen molar-refractivity contribution >= 4 is 29.9 Å². The summed E-state index contributed by atoms with van der Waals surface area (Å²) in [5.74, 6) is 1.07. The highest BCUT2D eigenvalue weighted by Gasteiger charge is 2.21. The Morgan fingerprint density at radius 2 is 2.00 bits per heavy atom. The molecule has 1 heterocycles. The second-order valence-electron chi connectivity index (χ2n) is 6.57. The van der Waals surface area contributed by atoms with Crippen LogP contribution in [0.15, 0.2) is 47.6 Å². The minimum atomic E-state index is -0.246. The van der Waals surface area contributed by atoms with Gasteiger partial charge < -0.3 is 15.4 Å². The van der Waals surface area contributed by atoms with Gasteiger partial charge in [-0.05, 0) is 30.7 Å². The quantitative estimate of drug-likeness (QED) is 0.355. The molecule has 0 bridgehead atoms. The Balaban J connectivity index is 0.00000364. The van der Waals surface area contributed by atoms with Crippen LogP contribution in [0.25, 0.3) is 0 Å². The largest absolute Gasteiger partial charge is 0.478 e. The van der Waals surface area contributed by atoms with Crippen LogP contribution < -0.4 is 15.4 Å². The van der Waals surface area contributed by atoms with Crippen molar-refractivity contribution in [3.63, 3.8) is 0 Å². The Morgan fingerprint density at radius 1 is 1.22 bits per heavy atom. The van der Waals surface area contributed by atoms with E-state index in [1.54, 1.807) is 25.4 Å². The highest BCUT2D eigenvalue weighted by Crippen LogP contribution is 2.22. The SMILES string of the molecule is CCOc1ncccc1CNC(=NC)NCC(C)(C)c1cccc(F)c1.I. The molecule has 0 amide bonds. The predicted molar refractivity (Wildman–Crippen MR) is 118 cm³/mol. The van der Waals surface area contributed by atoms with E-state index in [0.717, 1.165) is 11.1 Å². The fraction of sp³-hybridized carbons (Fsp3) is 0.400. The Bertz CT molecular complexity index is 752. The van der Waals surface area contributed by atoms with Crippen molar-refractivity contribution in [2.45, 2.75) is 32.7 Å². The summed E-state index contributed by atoms with van der Waals surface area (Å²) >= 11 is 0. The van der Waals surface area contributed by atoms with Crippen LogP contribution in [0.2, 0.25) is 0 Å². The van der Waals surface area contributed by atoms with Gasteiger partial charge in [-0.1, -0.05) is 32.0 Å². The lowest BCUT2D eigenvalue weighted by Crippen LogP contribution is -2.43. The lowest BCUT2D eigenvalue weighted by atomic mass is 9.84. The number of hydrogen-bond acceptors (Lipinski definition) is 3. The van der Waals surface area contributed by atoms with E-state index in [9.17, 15) is 4.39 Å². The Labute approximate surface area is 177 Å². The first-order valence-corrected chi connectivity index (χ1v) is 8.73. The van der Waals surface area contributed by atoms with Gasteiger partial charge in [0.05, 0.1) is 6.61 Å². The molecule has 0 unspecified atom stereocenters. The molecular formula is C20H28FIN4O. The van der Waals surface area contributed by atoms with Gasteiger partial charge in [0.1, 0.15) is 5.82 Å². The average molecular weight is 486 g/mol. The molecule has 0 atom stereocenters. The molecule has 2 rings (SSSR count). The smallest absolute Gasteiger partial charge is 0.218 e. The first-order valence-electron chi connectivity index (χ1n) is 8.73. The van der Waals surface area contributed by atoms with E-state index in [1.807, 2.05) is 25.1 Å². The molecule has 0 radical (unpaired) electrons. The van der Waals surface area contributed by atoms with Gasteiger partial charge in [0.25, 0.3) is 0 Å². The summed E-state index contributed by atoms with van der Waals surface area (Å²) in [6, 6.07) is 10.5. The highest BCUT2D eigenvalue weighted by molar-refractivity contribution is 14.0. The summed E-state index contributed by atoms with van der Waals surface area (Å²) in [4.78, 5) is 8.50. The van der Waals surface area contributed by atoms with Crippen LogP contribution in [0, 0.1) is 5.82 Å². The third-order valence-electron chi connectivity index (χ3n) is 4.10. The molecule has 27 heavy (non-hydrogen) atoms. The number of halogens is 2. The Morgan fingerprint density at radius 3 is 2.67 bits per heavy atom. The van der Waals surface area contributed by atoms with Gasteiger partial charge in [0.2, 0.25) is 5.88 Å². The van der Waals surface area contributed by atoms with Crippen molar-refractivity contribution in [2.75, 3.05) is 20.2 Å². The number of benzene rings is 1. The van der Waals surface area contributed by atoms with Gasteiger partial charge in [-0.15, -0.1) is 24.0 Å². The first-order chi connectivity index (χ1) is 12.5. The van der Waals surface area contributed by atoms with Crippen LogP contribution in [0.1, 0.15) is 31.9 Å². The molecule has 1 aromatic heterocycles. The standard InChI is InChI=1S/C20H27FN4O.HI/c1-5-26-18-15(8-7-11-23-18)13-24-19(22-4)25-14-20(2,3)16-9-6-10-17(21)12-16;/h6-12H,5,13-14H2,1-4H3,(H2,22,24,25);1H. The fourth-order valence-corrected chi connectivity index (χ4v) is 2.54. The number of rotatable bonds is 7. The number of nitrogens with zero attached hydrogens (tertiary/aromatic N) is 2. The molecule has 5 nitrogen and oxygen atoms in total. The maximum absolute atomic E-state index is 13.5. The third kappa shape index (κ3) is 6.97. The van der Waals surface area contributed by atoms with Crippen LogP contribution in [0.4, 0.5) is 4.39 Å². The lowest BCUT2D eigenvalue weighted by molar-refractivity contribution is 0.322. The molecule has 148 valence electrons. The molecule has 0 aliphatic heterocycles. The van der Waals surface area contributed by atoms with Gasteiger partial charge in [0, 0.05) is 37.3 Å². The normalized spacial score (nSPS) is 11.5. The predicted octanol–water partition coefficient (Wildman–Crippen LogP) is 3.88. The summed E-state index contributed by atoms with van der Waals surface area (Å²) in [7, 11) is 1.72. The molecule has 7 heteroatoms. The van der Waals surface area contributed by atoms with Gasteiger partial charge in [0.15, 0.2) is 5.96 Å². The van der Waals surface area contributed by atoms with Crippen LogP contribution in [-0.2, 0) is 12.0 Å². The Hall–Kier alpha value is -1.90. The summed E-state index contributed by atoms with van der Waals surface area (Å²) in [6.07, 6.45) is 1.71. The van der Waals surface area contributed by atoms with Gasteiger partial charge in [-0.2, -0.15) is 0 Å². The minimum Gasteiger partial charge on any atom is -0.478 e. The van der Waals surface area contributed by atoms with Crippen LogP contribution in [0.3, 0.4) is 0 Å². The van der Waals surface area contributed by atoms with E-state index in [1.165, 1.54) is 6.07 Å². The molecule has 0 saturated heterocycles. The molecule has 0 aliphatic carbocycles. The lowest BCUT2D eigenvalue weighted by Gasteiger charge is -2.27. The summed E-state index contributed by atoms with van der Waals surface area (Å²) in [5.41, 5.74) is 1.65. The highest BCUT2D eigenvalue weighted by atomic mass is 127. The number of ether oxygens (including phenoxy) is 1. The zero-order valence-corrected chi connectivity index (χ0v) is 18.6. The van der Waals surface area contributed by atoms with Gasteiger partial charge in [-0.25, -0.2) is 9.37 Å². The van der Waals surface area contributed by atoms with Gasteiger partial charge in [-0.3, -0.25) is 4.99 Å². The van der Waals surface area contributed by atoms with Crippen molar-refractivity contribution in [2.24, 2.45) is 4.99 Å². The molecule has 0 saturated carbocycles. The van der Waals surface area contributed by atoms with Crippen molar-refractivity contribution in [3.05, 3.63) is 59.5 Å². The maximum Gasteiger partial charge on any atom is 0.218 e. The van der Waals surface area contributed by atoms with E-state index >= 15 is 0 Å². The van der Waals surface area contributed by atoms with Crippen molar-refractivity contribution < 1.29 is 9.13 Å². The third-order valence-corrected chi connectivity index (χ3v) is 4.10. The molecule has 2 N–H and O–H groups in total. The van der Waals surface area contributed by atoms with Crippen LogP contribution in [0.5, 0.6) is 5.88 Å². The number of aliphatic imine (C=N–C) groups is 1. The fourth-order valence-electron chi connectivity index (χ4n) is 2.54. The zero-order valence-electron chi connectivity index (χ0n) is 16.3. The van der Waals surface area contributed by atoms with E-state index in [4.69, 9.17) is 4.74 Å². The van der Waals surface area contributed by atoms with Gasteiger partial charge >= 0.3 is 0 Å². The minimum absolute atomic E-state index is 0. The van der Waals surface area contributed by atoms with Crippen molar-refractivity contribution in [1.29, 1.82) is 0 Å². The topological polar surface area (TPSA) is 58.5 Å². The molecule has 0 aliphatic rings. The Kier molecular flexibility index (Phi) is 9.48. The summed E-state index contributed by atoms with van der Waals surface area (Å²) < 4.78 is 19.0. The zero-order chi connectivity index (χ0) is 19.0. The first kappa shape index (κ1) is 23.1. The van der Waals surface area contributed by atoms with Crippen molar-refractivity contribution in [1.82, 2.24) is 15.6 Å². The maximum atomic E-state index is 13.5. The second-order valence-corrected chi connectivity index (χ2v) is 6.57. The van der Waals surface area contributed by atoms with Crippen molar-refractivity contribution in [3.8, 4) is 5.88 Å². The van der Waals surface area contributed by atoms with E-state index in [2.05, 4.69) is 34.5 Å². The number of aromatic nitrogens is 1. The summed E-state index contributed by atoms with van der Waals surface area (Å²) in [6.45, 7) is 7.79. The summed E-state index contributed by atoms with van der Waals surface area (Å²) in [5, 5.41) is 6.57. The molecular weight excluding hydrogens is 458 g/mol. The average Bonchev–Trinajstić information content (AvgIpc) is 2.63. The van der Waals surface area contributed by atoms with Crippen LogP contribution in [-0.4, -0.2) is 31.1 Å². The molecule has 1 aromatic carbocycles. The molecule has 0 fully saturated rings. The molecule has 0 spiro atoms. The monoisotopic (exact) mass is 486 g/mol. The number of guanidine groups is 1. The van der Waals surface area contributed by atoms with E-state index in [-0.39, 0.29) is 35.2 Å². The van der Waals surface area contributed by atoms with E-state index < -0.39 is 0 Å². The second kappa shape index (κ2) is 11.1.